The van der Waals surface area contributed by atoms with Crippen molar-refractivity contribution in [2.45, 2.75) is 13.8 Å². The smallest absolute Gasteiger partial charge is 0.239 e. The number of hydrogen-bond acceptors (Lipinski definition) is 4. The van der Waals surface area contributed by atoms with Crippen molar-refractivity contribution in [3.05, 3.63) is 48.2 Å². The lowest BCUT2D eigenvalue weighted by atomic mass is 10.2. The number of anilines is 3. The third kappa shape index (κ3) is 3.79. The highest BCUT2D eigenvalue weighted by molar-refractivity contribution is 5.91. The van der Waals surface area contributed by atoms with Gasteiger partial charge < -0.3 is 16.0 Å². The molecule has 0 aliphatic heterocycles. The Labute approximate surface area is 124 Å². The van der Waals surface area contributed by atoms with Gasteiger partial charge >= 0.3 is 0 Å². The average molecular weight is 284 g/mol. The number of aryl methyl sites for hydroxylation is 1. The zero-order valence-corrected chi connectivity index (χ0v) is 12.3. The maximum atomic E-state index is 11.2. The zero-order chi connectivity index (χ0) is 15.2. The van der Waals surface area contributed by atoms with Gasteiger partial charge in [0.15, 0.2) is 0 Å². The number of rotatable bonds is 5. The number of pyridine rings is 1. The van der Waals surface area contributed by atoms with Gasteiger partial charge in [0.1, 0.15) is 5.82 Å². The first-order valence-electron chi connectivity index (χ1n) is 6.94. The van der Waals surface area contributed by atoms with Gasteiger partial charge in [-0.1, -0.05) is 12.1 Å². The standard InChI is InChI=1S/C16H20N4O/c1-3-20(13-6-4-5-12(2)9-13)14-7-8-15(18-11-14)19-16(21)10-17/h4-9,11H,3,10,17H2,1-2H3,(H,18,19,21). The Balaban J connectivity index is 2.21. The van der Waals surface area contributed by atoms with Crippen molar-refractivity contribution in [3.8, 4) is 0 Å². The van der Waals surface area contributed by atoms with Crippen molar-refractivity contribution in [1.82, 2.24) is 4.98 Å². The van der Waals surface area contributed by atoms with E-state index in [9.17, 15) is 4.79 Å². The summed E-state index contributed by atoms with van der Waals surface area (Å²) < 4.78 is 0. The molecule has 5 heteroatoms. The van der Waals surface area contributed by atoms with Gasteiger partial charge in [0.25, 0.3) is 0 Å². The van der Waals surface area contributed by atoms with E-state index in [2.05, 4.69) is 47.2 Å². The van der Waals surface area contributed by atoms with Crippen LogP contribution in [0.1, 0.15) is 12.5 Å². The van der Waals surface area contributed by atoms with E-state index in [0.29, 0.717) is 5.82 Å². The first-order valence-corrected chi connectivity index (χ1v) is 6.94. The second kappa shape index (κ2) is 6.85. The van der Waals surface area contributed by atoms with Crippen LogP contribution in [0.25, 0.3) is 0 Å². The van der Waals surface area contributed by atoms with Crippen LogP contribution in [0.4, 0.5) is 17.2 Å². The molecule has 110 valence electrons. The Bertz CT molecular complexity index is 610. The minimum atomic E-state index is -0.249. The number of nitrogens with one attached hydrogen (secondary N) is 1. The molecule has 0 unspecified atom stereocenters. The van der Waals surface area contributed by atoms with Crippen molar-refractivity contribution in [2.75, 3.05) is 23.3 Å². The molecular weight excluding hydrogens is 264 g/mol. The number of benzene rings is 1. The van der Waals surface area contributed by atoms with Crippen LogP contribution >= 0.6 is 0 Å². The molecule has 0 saturated carbocycles. The predicted molar refractivity (Wildman–Crippen MR) is 85.8 cm³/mol. The fourth-order valence-corrected chi connectivity index (χ4v) is 2.12. The lowest BCUT2D eigenvalue weighted by Crippen LogP contribution is -2.22. The van der Waals surface area contributed by atoms with Crippen LogP contribution in [-0.4, -0.2) is 24.0 Å². The molecular formula is C16H20N4O. The second-order valence-corrected chi connectivity index (χ2v) is 4.74. The van der Waals surface area contributed by atoms with Crippen LogP contribution in [0.3, 0.4) is 0 Å². The van der Waals surface area contributed by atoms with E-state index in [-0.39, 0.29) is 12.5 Å². The molecule has 2 aromatic rings. The van der Waals surface area contributed by atoms with Gasteiger partial charge in [-0.3, -0.25) is 4.79 Å². The molecule has 0 atom stereocenters. The quantitative estimate of drug-likeness (QED) is 0.884. The minimum absolute atomic E-state index is 0.0478. The molecule has 0 spiro atoms. The van der Waals surface area contributed by atoms with E-state index in [0.717, 1.165) is 17.9 Å². The second-order valence-electron chi connectivity index (χ2n) is 4.74. The highest BCUT2D eigenvalue weighted by atomic mass is 16.1. The summed E-state index contributed by atoms with van der Waals surface area (Å²) in [5.74, 6) is 0.260. The molecule has 3 N–H and O–H groups in total. The maximum Gasteiger partial charge on any atom is 0.239 e. The monoisotopic (exact) mass is 284 g/mol. The molecule has 1 heterocycles. The highest BCUT2D eigenvalue weighted by Crippen LogP contribution is 2.25. The molecule has 0 fully saturated rings. The third-order valence-corrected chi connectivity index (χ3v) is 3.14. The zero-order valence-electron chi connectivity index (χ0n) is 12.3. The lowest BCUT2D eigenvalue weighted by molar-refractivity contribution is -0.114. The van der Waals surface area contributed by atoms with Crippen LogP contribution in [0.2, 0.25) is 0 Å². The number of nitrogens with zero attached hydrogens (tertiary/aromatic N) is 2. The Morgan fingerprint density at radius 1 is 1.29 bits per heavy atom. The normalized spacial score (nSPS) is 10.2. The summed E-state index contributed by atoms with van der Waals surface area (Å²) >= 11 is 0. The molecule has 21 heavy (non-hydrogen) atoms. The summed E-state index contributed by atoms with van der Waals surface area (Å²) in [5.41, 5.74) is 8.58. The summed E-state index contributed by atoms with van der Waals surface area (Å²) in [6.45, 7) is 4.95. The first kappa shape index (κ1) is 15.0. The van der Waals surface area contributed by atoms with E-state index in [1.165, 1.54) is 5.56 Å². The van der Waals surface area contributed by atoms with E-state index < -0.39 is 0 Å². The Morgan fingerprint density at radius 2 is 2.10 bits per heavy atom. The van der Waals surface area contributed by atoms with Crippen LogP contribution in [0.15, 0.2) is 42.6 Å². The number of nitrogens with two attached hydrogens (primary N) is 1. The molecule has 1 amide bonds. The predicted octanol–water partition coefficient (Wildman–Crippen LogP) is 2.45. The molecule has 0 aliphatic carbocycles. The maximum absolute atomic E-state index is 11.2. The van der Waals surface area contributed by atoms with E-state index >= 15 is 0 Å². The number of aromatic nitrogens is 1. The molecule has 0 aliphatic rings. The van der Waals surface area contributed by atoms with Gasteiger partial charge in [-0.05, 0) is 43.7 Å². The summed E-state index contributed by atoms with van der Waals surface area (Å²) in [7, 11) is 0. The van der Waals surface area contributed by atoms with Crippen LogP contribution in [0.5, 0.6) is 0 Å². The summed E-state index contributed by atoms with van der Waals surface area (Å²) in [6, 6.07) is 12.0. The van der Waals surface area contributed by atoms with Crippen molar-refractivity contribution >= 4 is 23.1 Å². The van der Waals surface area contributed by atoms with Gasteiger partial charge in [0.05, 0.1) is 18.4 Å². The Kier molecular flexibility index (Phi) is 4.90. The third-order valence-electron chi connectivity index (χ3n) is 3.14. The Hall–Kier alpha value is -2.40. The molecule has 0 radical (unpaired) electrons. The van der Waals surface area contributed by atoms with Crippen molar-refractivity contribution in [3.63, 3.8) is 0 Å². The molecule has 2 rings (SSSR count). The number of carbonyl (C=O) groups is 1. The van der Waals surface area contributed by atoms with Crippen LogP contribution in [0, 0.1) is 6.92 Å². The van der Waals surface area contributed by atoms with Crippen molar-refractivity contribution < 1.29 is 4.79 Å². The van der Waals surface area contributed by atoms with E-state index in [4.69, 9.17) is 5.73 Å². The van der Waals surface area contributed by atoms with Crippen LogP contribution < -0.4 is 16.0 Å². The largest absolute Gasteiger partial charge is 0.341 e. The minimum Gasteiger partial charge on any atom is -0.341 e. The van der Waals surface area contributed by atoms with Crippen LogP contribution in [-0.2, 0) is 4.79 Å². The number of hydrogen-bond donors (Lipinski definition) is 2. The summed E-state index contributed by atoms with van der Waals surface area (Å²) in [4.78, 5) is 17.6. The number of carbonyl (C=O) groups excluding carboxylic acids is 1. The van der Waals surface area contributed by atoms with Crippen molar-refractivity contribution in [2.24, 2.45) is 5.73 Å². The fourth-order valence-electron chi connectivity index (χ4n) is 2.12. The van der Waals surface area contributed by atoms with Gasteiger partial charge in [0, 0.05) is 12.2 Å². The molecule has 0 saturated heterocycles. The Morgan fingerprint density at radius 3 is 2.67 bits per heavy atom. The molecule has 1 aromatic heterocycles. The molecule has 5 nitrogen and oxygen atoms in total. The number of amides is 1. The molecule has 0 bridgehead atoms. The highest BCUT2D eigenvalue weighted by Gasteiger charge is 2.08. The lowest BCUT2D eigenvalue weighted by Gasteiger charge is -2.23. The fraction of sp³-hybridized carbons (Fsp3) is 0.250. The summed E-state index contributed by atoms with van der Waals surface area (Å²) in [5, 5.41) is 2.63. The molecule has 1 aromatic carbocycles. The SMILES string of the molecule is CCN(c1ccc(NC(=O)CN)nc1)c1cccc(C)c1. The van der Waals surface area contributed by atoms with Gasteiger partial charge in [-0.15, -0.1) is 0 Å². The first-order chi connectivity index (χ1) is 10.1. The van der Waals surface area contributed by atoms with Gasteiger partial charge in [-0.25, -0.2) is 4.98 Å². The van der Waals surface area contributed by atoms with Gasteiger partial charge in [-0.2, -0.15) is 0 Å². The van der Waals surface area contributed by atoms with Gasteiger partial charge in [0.2, 0.25) is 5.91 Å². The van der Waals surface area contributed by atoms with E-state index in [1.54, 1.807) is 12.3 Å². The van der Waals surface area contributed by atoms with Crippen molar-refractivity contribution in [1.29, 1.82) is 0 Å². The topological polar surface area (TPSA) is 71.2 Å². The van der Waals surface area contributed by atoms with E-state index in [1.807, 2.05) is 12.1 Å². The summed E-state index contributed by atoms with van der Waals surface area (Å²) in [6.07, 6.45) is 1.75. The average Bonchev–Trinajstić information content (AvgIpc) is 2.50.